The molecule has 1 aromatic rings. The van der Waals surface area contributed by atoms with Crippen molar-refractivity contribution in [3.05, 3.63) is 23.9 Å². The van der Waals surface area contributed by atoms with Crippen molar-refractivity contribution in [1.29, 1.82) is 0 Å². The number of piperidine rings is 1. The first-order valence-corrected chi connectivity index (χ1v) is 8.28. The molecule has 21 heavy (non-hydrogen) atoms. The molecule has 1 saturated heterocycles. The summed E-state index contributed by atoms with van der Waals surface area (Å²) in [5.41, 5.74) is 1.30. The van der Waals surface area contributed by atoms with E-state index in [9.17, 15) is 0 Å². The van der Waals surface area contributed by atoms with E-state index in [1.54, 1.807) is 0 Å². The largest absolute Gasteiger partial charge is 0.357 e. The van der Waals surface area contributed by atoms with Crippen LogP contribution < -0.4 is 10.2 Å². The van der Waals surface area contributed by atoms with Crippen molar-refractivity contribution in [1.82, 2.24) is 15.2 Å². The second-order valence-corrected chi connectivity index (χ2v) is 6.87. The van der Waals surface area contributed by atoms with Crippen molar-refractivity contribution in [3.63, 3.8) is 0 Å². The third kappa shape index (κ3) is 4.42. The molecule has 4 nitrogen and oxygen atoms in total. The lowest BCUT2D eigenvalue weighted by Gasteiger charge is -2.34. The first-order valence-electron chi connectivity index (χ1n) is 8.28. The van der Waals surface area contributed by atoms with Gasteiger partial charge >= 0.3 is 0 Å². The van der Waals surface area contributed by atoms with Crippen LogP contribution in [0.4, 0.5) is 5.82 Å². The van der Waals surface area contributed by atoms with Gasteiger partial charge in [0.05, 0.1) is 0 Å². The second-order valence-electron chi connectivity index (χ2n) is 6.87. The quantitative estimate of drug-likeness (QED) is 0.869. The molecular formula is C17H28N4. The predicted molar refractivity (Wildman–Crippen MR) is 87.6 cm³/mol. The van der Waals surface area contributed by atoms with E-state index in [1.807, 2.05) is 6.20 Å². The number of rotatable bonds is 6. The van der Waals surface area contributed by atoms with Gasteiger partial charge in [-0.1, -0.05) is 6.07 Å². The molecule has 1 N–H and O–H groups in total. The Labute approximate surface area is 128 Å². The molecule has 0 atom stereocenters. The standard InChI is InChI=1S/C17H28N4/c1-20(2)13-14-7-9-21(10-8-14)17-6-3-15(12-19-17)11-18-16-4-5-16/h3,6,12,14,16,18H,4-5,7-11,13H2,1-2H3. The van der Waals surface area contributed by atoms with Gasteiger partial charge in [0.25, 0.3) is 0 Å². The van der Waals surface area contributed by atoms with Gasteiger partial charge in [-0.2, -0.15) is 0 Å². The first kappa shape index (κ1) is 14.8. The molecule has 116 valence electrons. The van der Waals surface area contributed by atoms with Crippen molar-refractivity contribution in [3.8, 4) is 0 Å². The van der Waals surface area contributed by atoms with Crippen LogP contribution in [0.1, 0.15) is 31.2 Å². The van der Waals surface area contributed by atoms with Gasteiger partial charge in [-0.25, -0.2) is 4.98 Å². The van der Waals surface area contributed by atoms with Crippen molar-refractivity contribution >= 4 is 5.82 Å². The van der Waals surface area contributed by atoms with E-state index in [1.165, 1.54) is 37.8 Å². The molecule has 3 rings (SSSR count). The highest BCUT2D eigenvalue weighted by molar-refractivity contribution is 5.39. The third-order valence-corrected chi connectivity index (χ3v) is 4.54. The molecule has 0 unspecified atom stereocenters. The summed E-state index contributed by atoms with van der Waals surface area (Å²) in [5.74, 6) is 1.99. The van der Waals surface area contributed by atoms with E-state index in [0.29, 0.717) is 0 Å². The molecule has 1 aromatic heterocycles. The molecule has 2 heterocycles. The summed E-state index contributed by atoms with van der Waals surface area (Å²) in [6.07, 6.45) is 7.28. The van der Waals surface area contributed by atoms with E-state index in [4.69, 9.17) is 0 Å². The monoisotopic (exact) mass is 288 g/mol. The Morgan fingerprint density at radius 3 is 2.52 bits per heavy atom. The maximum atomic E-state index is 4.66. The molecule has 0 spiro atoms. The average Bonchev–Trinajstić information content (AvgIpc) is 3.30. The molecular weight excluding hydrogens is 260 g/mol. The average molecular weight is 288 g/mol. The molecule has 0 amide bonds. The van der Waals surface area contributed by atoms with Crippen LogP contribution in [0.25, 0.3) is 0 Å². The van der Waals surface area contributed by atoms with Gasteiger partial charge in [-0.3, -0.25) is 0 Å². The van der Waals surface area contributed by atoms with Gasteiger partial charge in [0.1, 0.15) is 5.82 Å². The number of aromatic nitrogens is 1. The number of nitrogens with zero attached hydrogens (tertiary/aromatic N) is 3. The van der Waals surface area contributed by atoms with Gasteiger partial charge < -0.3 is 15.1 Å². The van der Waals surface area contributed by atoms with Gasteiger partial charge in [0.15, 0.2) is 0 Å². The van der Waals surface area contributed by atoms with Crippen molar-refractivity contribution in [2.24, 2.45) is 5.92 Å². The highest BCUT2D eigenvalue weighted by Gasteiger charge is 2.21. The molecule has 2 fully saturated rings. The normalized spacial score (nSPS) is 20.2. The molecule has 1 aliphatic carbocycles. The van der Waals surface area contributed by atoms with E-state index in [2.05, 4.69) is 46.3 Å². The Bertz CT molecular complexity index is 431. The lowest BCUT2D eigenvalue weighted by atomic mass is 9.96. The minimum atomic E-state index is 0.764. The van der Waals surface area contributed by atoms with Crippen molar-refractivity contribution in [2.75, 3.05) is 38.6 Å². The fourth-order valence-electron chi connectivity index (χ4n) is 3.12. The molecule has 0 aromatic carbocycles. The Hall–Kier alpha value is -1.13. The Morgan fingerprint density at radius 2 is 1.95 bits per heavy atom. The first-order chi connectivity index (χ1) is 10.2. The fraction of sp³-hybridized carbons (Fsp3) is 0.706. The zero-order chi connectivity index (χ0) is 14.7. The summed E-state index contributed by atoms with van der Waals surface area (Å²) >= 11 is 0. The van der Waals surface area contributed by atoms with Crippen molar-refractivity contribution < 1.29 is 0 Å². The lowest BCUT2D eigenvalue weighted by Crippen LogP contribution is -2.37. The topological polar surface area (TPSA) is 31.4 Å². The maximum Gasteiger partial charge on any atom is 0.128 e. The van der Waals surface area contributed by atoms with Gasteiger partial charge in [0.2, 0.25) is 0 Å². The van der Waals surface area contributed by atoms with E-state index < -0.39 is 0 Å². The third-order valence-electron chi connectivity index (χ3n) is 4.54. The molecule has 1 aliphatic heterocycles. The van der Waals surface area contributed by atoms with Crippen LogP contribution >= 0.6 is 0 Å². The maximum absolute atomic E-state index is 4.66. The summed E-state index contributed by atoms with van der Waals surface area (Å²) in [7, 11) is 4.34. The predicted octanol–water partition coefficient (Wildman–Crippen LogP) is 2.11. The minimum Gasteiger partial charge on any atom is -0.357 e. The minimum absolute atomic E-state index is 0.764. The molecule has 1 saturated carbocycles. The summed E-state index contributed by atoms with van der Waals surface area (Å²) in [6, 6.07) is 5.18. The smallest absolute Gasteiger partial charge is 0.128 e. The highest BCUT2D eigenvalue weighted by Crippen LogP contribution is 2.23. The number of nitrogens with one attached hydrogen (secondary N) is 1. The van der Waals surface area contributed by atoms with Crippen LogP contribution in [0, 0.1) is 5.92 Å². The van der Waals surface area contributed by atoms with E-state index in [0.717, 1.165) is 37.4 Å². The van der Waals surface area contributed by atoms with Gasteiger partial charge in [0, 0.05) is 38.4 Å². The SMILES string of the molecule is CN(C)CC1CCN(c2ccc(CNC3CC3)cn2)CC1. The lowest BCUT2D eigenvalue weighted by molar-refractivity contribution is 0.284. The summed E-state index contributed by atoms with van der Waals surface area (Å²) in [6.45, 7) is 4.46. The van der Waals surface area contributed by atoms with E-state index >= 15 is 0 Å². The van der Waals surface area contributed by atoms with Crippen molar-refractivity contribution in [2.45, 2.75) is 38.3 Å². The molecule has 4 heteroatoms. The van der Waals surface area contributed by atoms with Gasteiger partial charge in [-0.15, -0.1) is 0 Å². The van der Waals surface area contributed by atoms with Crippen LogP contribution in [0.15, 0.2) is 18.3 Å². The Morgan fingerprint density at radius 1 is 1.19 bits per heavy atom. The molecule has 0 radical (unpaired) electrons. The zero-order valence-electron chi connectivity index (χ0n) is 13.4. The van der Waals surface area contributed by atoms with Crippen LogP contribution in [0.3, 0.4) is 0 Å². The van der Waals surface area contributed by atoms with Crippen LogP contribution in [0.5, 0.6) is 0 Å². The fourth-order valence-corrected chi connectivity index (χ4v) is 3.12. The van der Waals surface area contributed by atoms with Gasteiger partial charge in [-0.05, 0) is 57.3 Å². The summed E-state index contributed by atoms with van der Waals surface area (Å²) < 4.78 is 0. The van der Waals surface area contributed by atoms with Crippen LogP contribution in [-0.2, 0) is 6.54 Å². The number of anilines is 1. The molecule has 2 aliphatic rings. The number of hydrogen-bond acceptors (Lipinski definition) is 4. The second kappa shape index (κ2) is 6.75. The summed E-state index contributed by atoms with van der Waals surface area (Å²) in [4.78, 5) is 9.40. The highest BCUT2D eigenvalue weighted by atomic mass is 15.2. The Balaban J connectivity index is 1.48. The Kier molecular flexibility index (Phi) is 4.76. The number of hydrogen-bond donors (Lipinski definition) is 1. The molecule has 0 bridgehead atoms. The van der Waals surface area contributed by atoms with E-state index in [-0.39, 0.29) is 0 Å². The summed E-state index contributed by atoms with van der Waals surface area (Å²) in [5, 5.41) is 3.54. The number of pyridine rings is 1. The van der Waals surface area contributed by atoms with Crippen LogP contribution in [-0.4, -0.2) is 49.7 Å². The van der Waals surface area contributed by atoms with Crippen LogP contribution in [0.2, 0.25) is 0 Å². The zero-order valence-corrected chi connectivity index (χ0v) is 13.4.